The number of imidazole rings is 1. The van der Waals surface area contributed by atoms with E-state index in [0.29, 0.717) is 18.6 Å². The first kappa shape index (κ1) is 18.7. The van der Waals surface area contributed by atoms with Crippen LogP contribution >= 0.6 is 12.4 Å². The van der Waals surface area contributed by atoms with Gasteiger partial charge in [-0.05, 0) is 31.4 Å². The number of carbonyl (C=O) groups excluding carboxylic acids is 1. The van der Waals surface area contributed by atoms with Crippen LogP contribution in [0.1, 0.15) is 29.8 Å². The molecule has 2 aromatic heterocycles. The molecule has 2 aromatic rings. The van der Waals surface area contributed by atoms with Crippen LogP contribution in [0.5, 0.6) is 0 Å². The molecule has 0 saturated carbocycles. The number of sulfone groups is 1. The fourth-order valence-electron chi connectivity index (χ4n) is 3.08. The maximum Gasteiger partial charge on any atom is 0.275 e. The van der Waals surface area contributed by atoms with E-state index in [0.717, 1.165) is 25.5 Å². The molecular weight excluding hydrogens is 352 g/mol. The van der Waals surface area contributed by atoms with Gasteiger partial charge in [-0.15, -0.1) is 12.4 Å². The molecule has 24 heavy (non-hydrogen) atoms. The minimum Gasteiger partial charge on any atom is -0.333 e. The van der Waals surface area contributed by atoms with Gasteiger partial charge < -0.3 is 10.6 Å². The lowest BCUT2D eigenvalue weighted by molar-refractivity contribution is 0.0619. The van der Waals surface area contributed by atoms with E-state index in [9.17, 15) is 13.2 Å². The molecule has 2 N–H and O–H groups in total. The van der Waals surface area contributed by atoms with Crippen LogP contribution in [0, 0.1) is 0 Å². The molecule has 0 aromatic carbocycles. The highest BCUT2D eigenvalue weighted by atomic mass is 35.5. The zero-order valence-electron chi connectivity index (χ0n) is 13.4. The number of piperidine rings is 1. The lowest BCUT2D eigenvalue weighted by Gasteiger charge is -2.34. The molecule has 1 amide bonds. The van der Waals surface area contributed by atoms with Gasteiger partial charge >= 0.3 is 0 Å². The fraction of sp³-hybridized carbons (Fsp3) is 0.467. The van der Waals surface area contributed by atoms with Crippen LogP contribution in [0.15, 0.2) is 29.6 Å². The van der Waals surface area contributed by atoms with Gasteiger partial charge in [0.15, 0.2) is 5.69 Å². The number of fused-ring (bicyclic) bond motifs is 1. The van der Waals surface area contributed by atoms with Gasteiger partial charge in [0.1, 0.15) is 0 Å². The summed E-state index contributed by atoms with van der Waals surface area (Å²) in [7, 11) is -3.54. The van der Waals surface area contributed by atoms with E-state index in [1.165, 1.54) is 4.40 Å². The van der Waals surface area contributed by atoms with E-state index < -0.39 is 9.84 Å². The minimum atomic E-state index is -3.54. The summed E-state index contributed by atoms with van der Waals surface area (Å²) in [4.78, 5) is 18.8. The van der Waals surface area contributed by atoms with Gasteiger partial charge in [-0.25, -0.2) is 13.4 Å². The Balaban J connectivity index is 0.00000208. The first-order valence-corrected chi connectivity index (χ1v) is 9.51. The van der Waals surface area contributed by atoms with Crippen LogP contribution in [-0.4, -0.2) is 54.0 Å². The topological polar surface area (TPSA) is 97.8 Å². The van der Waals surface area contributed by atoms with E-state index in [-0.39, 0.29) is 35.2 Å². The van der Waals surface area contributed by atoms with Gasteiger partial charge in [-0.1, -0.05) is 6.07 Å². The van der Waals surface area contributed by atoms with Crippen LogP contribution in [-0.2, 0) is 9.84 Å². The predicted octanol–water partition coefficient (Wildman–Crippen LogP) is 1.11. The summed E-state index contributed by atoms with van der Waals surface area (Å²) in [6, 6.07) is 5.16. The predicted molar refractivity (Wildman–Crippen MR) is 93.3 cm³/mol. The Labute approximate surface area is 147 Å². The Kier molecular flexibility index (Phi) is 5.52. The number of hydrogen-bond acceptors (Lipinski definition) is 5. The maximum absolute atomic E-state index is 12.9. The van der Waals surface area contributed by atoms with Crippen LogP contribution in [0.3, 0.4) is 0 Å². The first-order chi connectivity index (χ1) is 10.9. The first-order valence-electron chi connectivity index (χ1n) is 7.61. The van der Waals surface area contributed by atoms with Gasteiger partial charge in [-0.2, -0.15) is 0 Å². The second-order valence-electron chi connectivity index (χ2n) is 5.85. The van der Waals surface area contributed by atoms with Crippen molar-refractivity contribution < 1.29 is 13.2 Å². The summed E-state index contributed by atoms with van der Waals surface area (Å²) in [5.41, 5.74) is 6.45. The molecule has 1 saturated heterocycles. The van der Waals surface area contributed by atoms with Gasteiger partial charge in [0.2, 0.25) is 15.0 Å². The van der Waals surface area contributed by atoms with E-state index in [1.807, 2.05) is 0 Å². The summed E-state index contributed by atoms with van der Waals surface area (Å²) in [5, 5.41) is -0.113. The molecule has 3 heterocycles. The normalized spacial score (nSPS) is 18.4. The zero-order valence-corrected chi connectivity index (χ0v) is 15.0. The van der Waals surface area contributed by atoms with Crippen LogP contribution in [0.4, 0.5) is 0 Å². The molecule has 132 valence electrons. The number of carbonyl (C=O) groups is 1. The van der Waals surface area contributed by atoms with Crippen molar-refractivity contribution >= 4 is 33.7 Å². The lowest BCUT2D eigenvalue weighted by atomic mass is 10.0. The van der Waals surface area contributed by atoms with Crippen molar-refractivity contribution in [3.05, 3.63) is 30.1 Å². The van der Waals surface area contributed by atoms with Crippen LogP contribution < -0.4 is 5.73 Å². The number of amides is 1. The van der Waals surface area contributed by atoms with Crippen molar-refractivity contribution in [2.45, 2.75) is 30.5 Å². The SMILES string of the molecule is CS(=O)(=O)c1nc(C(=O)N2CCCCC2CN)c2ccccn12.Cl. The number of halogens is 1. The molecule has 1 aliphatic rings. The van der Waals surface area contributed by atoms with Gasteiger partial charge in [0.05, 0.1) is 5.52 Å². The Hall–Kier alpha value is -1.64. The summed E-state index contributed by atoms with van der Waals surface area (Å²) < 4.78 is 25.4. The molecule has 3 rings (SSSR count). The van der Waals surface area contributed by atoms with Gasteiger partial charge in [0.25, 0.3) is 5.91 Å². The Morgan fingerprint density at radius 2 is 2.12 bits per heavy atom. The minimum absolute atomic E-state index is 0. The molecule has 7 nitrogen and oxygen atoms in total. The molecule has 9 heteroatoms. The van der Waals surface area contributed by atoms with Gasteiger partial charge in [-0.3, -0.25) is 9.20 Å². The van der Waals surface area contributed by atoms with E-state index >= 15 is 0 Å². The molecule has 0 radical (unpaired) electrons. The second-order valence-corrected chi connectivity index (χ2v) is 7.76. The average Bonchev–Trinajstić information content (AvgIpc) is 2.94. The van der Waals surface area contributed by atoms with Crippen molar-refractivity contribution in [1.29, 1.82) is 0 Å². The third-order valence-corrected chi connectivity index (χ3v) is 5.16. The van der Waals surface area contributed by atoms with E-state index in [4.69, 9.17) is 5.73 Å². The number of likely N-dealkylation sites (tertiary alicyclic amines) is 1. The Morgan fingerprint density at radius 1 is 1.38 bits per heavy atom. The monoisotopic (exact) mass is 372 g/mol. The Bertz CT molecular complexity index is 850. The zero-order chi connectivity index (χ0) is 16.6. The second kappa shape index (κ2) is 7.08. The third kappa shape index (κ3) is 3.26. The number of aromatic nitrogens is 2. The maximum atomic E-state index is 12.9. The molecule has 0 spiro atoms. The highest BCUT2D eigenvalue weighted by Crippen LogP contribution is 2.23. The van der Waals surface area contributed by atoms with E-state index in [1.54, 1.807) is 29.3 Å². The summed E-state index contributed by atoms with van der Waals surface area (Å²) >= 11 is 0. The molecule has 1 unspecified atom stereocenters. The number of rotatable bonds is 3. The van der Waals surface area contributed by atoms with Crippen LogP contribution in [0.25, 0.3) is 5.52 Å². The third-order valence-electron chi connectivity index (χ3n) is 4.21. The molecule has 1 atom stereocenters. The molecule has 0 bridgehead atoms. The van der Waals surface area contributed by atoms with Crippen molar-refractivity contribution in [2.24, 2.45) is 5.73 Å². The molecule has 1 fully saturated rings. The highest BCUT2D eigenvalue weighted by Gasteiger charge is 2.30. The van der Waals surface area contributed by atoms with Crippen molar-refractivity contribution in [1.82, 2.24) is 14.3 Å². The fourth-order valence-corrected chi connectivity index (χ4v) is 3.85. The number of nitrogens with two attached hydrogens (primary N) is 1. The van der Waals surface area contributed by atoms with Crippen molar-refractivity contribution in [2.75, 3.05) is 19.3 Å². The van der Waals surface area contributed by atoms with Crippen LogP contribution in [0.2, 0.25) is 0 Å². The highest BCUT2D eigenvalue weighted by molar-refractivity contribution is 7.90. The van der Waals surface area contributed by atoms with Crippen molar-refractivity contribution in [3.63, 3.8) is 0 Å². The summed E-state index contributed by atoms with van der Waals surface area (Å²) in [6.07, 6.45) is 5.53. The quantitative estimate of drug-likeness (QED) is 0.870. The average molecular weight is 373 g/mol. The van der Waals surface area contributed by atoms with E-state index in [2.05, 4.69) is 4.98 Å². The van der Waals surface area contributed by atoms with Gasteiger partial charge in [0, 0.05) is 31.6 Å². The lowest BCUT2D eigenvalue weighted by Crippen LogP contribution is -2.47. The molecule has 1 aliphatic heterocycles. The molecular formula is C15H21ClN4O3S. The number of pyridine rings is 1. The largest absolute Gasteiger partial charge is 0.333 e. The summed E-state index contributed by atoms with van der Waals surface area (Å²) in [6.45, 7) is 1.03. The molecule has 0 aliphatic carbocycles. The smallest absolute Gasteiger partial charge is 0.275 e. The van der Waals surface area contributed by atoms with Crippen molar-refractivity contribution in [3.8, 4) is 0 Å². The standard InChI is InChI=1S/C15H20N4O3S.ClH/c1-23(21,22)15-17-13(12-7-3-5-9-19(12)15)14(20)18-8-4-2-6-11(18)10-16;/h3,5,7,9,11H,2,4,6,8,10,16H2,1H3;1H. The number of nitrogens with zero attached hydrogens (tertiary/aromatic N) is 3. The summed E-state index contributed by atoms with van der Waals surface area (Å²) in [5.74, 6) is -0.251. The number of hydrogen-bond donors (Lipinski definition) is 1. The Morgan fingerprint density at radius 3 is 2.79 bits per heavy atom.